The molecule has 0 fully saturated rings. The molecule has 0 aromatic heterocycles. The molecule has 0 radical (unpaired) electrons. The SMILES string of the molecule is CCCc1c(CNCO)cc(-c2ccc(OC(F)(F)F)cc2)c2c1CCO2. The summed E-state index contributed by atoms with van der Waals surface area (Å²) in [5.41, 5.74) is 5.05. The zero-order valence-electron chi connectivity index (χ0n) is 15.0. The van der Waals surface area contributed by atoms with E-state index in [9.17, 15) is 13.2 Å². The molecule has 2 N–H and O–H groups in total. The molecule has 4 nitrogen and oxygen atoms in total. The van der Waals surface area contributed by atoms with E-state index in [1.807, 2.05) is 6.07 Å². The summed E-state index contributed by atoms with van der Waals surface area (Å²) in [4.78, 5) is 0. The van der Waals surface area contributed by atoms with Crippen LogP contribution in [0.5, 0.6) is 11.5 Å². The van der Waals surface area contributed by atoms with E-state index >= 15 is 0 Å². The van der Waals surface area contributed by atoms with Gasteiger partial charge in [0.25, 0.3) is 0 Å². The highest BCUT2D eigenvalue weighted by molar-refractivity contribution is 5.75. The molecule has 0 bridgehead atoms. The van der Waals surface area contributed by atoms with Crippen molar-refractivity contribution in [3.63, 3.8) is 0 Å². The van der Waals surface area contributed by atoms with Crippen molar-refractivity contribution < 1.29 is 27.8 Å². The van der Waals surface area contributed by atoms with E-state index in [0.717, 1.165) is 47.3 Å². The highest BCUT2D eigenvalue weighted by Crippen LogP contribution is 2.41. The molecule has 0 saturated carbocycles. The summed E-state index contributed by atoms with van der Waals surface area (Å²) in [5.74, 6) is 0.546. The van der Waals surface area contributed by atoms with Crippen LogP contribution in [0, 0.1) is 0 Å². The predicted molar refractivity (Wildman–Crippen MR) is 95.7 cm³/mol. The first-order chi connectivity index (χ1) is 12.9. The molecular formula is C20H22F3NO3. The van der Waals surface area contributed by atoms with E-state index < -0.39 is 6.36 Å². The molecule has 0 amide bonds. The smallest absolute Gasteiger partial charge is 0.492 e. The minimum atomic E-state index is -4.71. The lowest BCUT2D eigenvalue weighted by Crippen LogP contribution is -2.17. The fourth-order valence-electron chi connectivity index (χ4n) is 3.47. The fraction of sp³-hybridized carbons (Fsp3) is 0.400. The van der Waals surface area contributed by atoms with E-state index in [2.05, 4.69) is 17.0 Å². The molecule has 3 rings (SSSR count). The maximum absolute atomic E-state index is 12.4. The van der Waals surface area contributed by atoms with Crippen LogP contribution in [0.1, 0.15) is 30.0 Å². The molecule has 27 heavy (non-hydrogen) atoms. The number of nitrogens with one attached hydrogen (secondary N) is 1. The summed E-state index contributed by atoms with van der Waals surface area (Å²) < 4.78 is 46.9. The summed E-state index contributed by atoms with van der Waals surface area (Å²) in [6.45, 7) is 3.09. The van der Waals surface area contributed by atoms with Crippen LogP contribution >= 0.6 is 0 Å². The maximum atomic E-state index is 12.4. The number of alkyl halides is 3. The number of hydrogen-bond acceptors (Lipinski definition) is 4. The van der Waals surface area contributed by atoms with Gasteiger partial charge in [-0.05, 0) is 41.3 Å². The zero-order valence-corrected chi connectivity index (χ0v) is 15.0. The maximum Gasteiger partial charge on any atom is 0.573 e. The zero-order chi connectivity index (χ0) is 19.4. The summed E-state index contributed by atoms with van der Waals surface area (Å²) >= 11 is 0. The number of rotatable bonds is 7. The van der Waals surface area contributed by atoms with Gasteiger partial charge in [0.2, 0.25) is 0 Å². The summed E-state index contributed by atoms with van der Waals surface area (Å²) in [6, 6.07) is 7.80. The molecule has 0 unspecified atom stereocenters. The van der Waals surface area contributed by atoms with Gasteiger partial charge in [-0.3, -0.25) is 5.32 Å². The number of ether oxygens (including phenoxy) is 2. The van der Waals surface area contributed by atoms with Gasteiger partial charge in [0.1, 0.15) is 11.5 Å². The van der Waals surface area contributed by atoms with Gasteiger partial charge in [-0.1, -0.05) is 25.5 Å². The molecule has 146 valence electrons. The third-order valence-electron chi connectivity index (χ3n) is 4.51. The highest BCUT2D eigenvalue weighted by Gasteiger charge is 2.31. The minimum absolute atomic E-state index is 0.127. The Bertz CT molecular complexity index is 789. The van der Waals surface area contributed by atoms with Crippen LogP contribution in [-0.4, -0.2) is 24.8 Å². The van der Waals surface area contributed by atoms with Crippen LogP contribution in [0.2, 0.25) is 0 Å². The molecular weight excluding hydrogens is 359 g/mol. The molecule has 1 aliphatic rings. The van der Waals surface area contributed by atoms with Crippen molar-refractivity contribution >= 4 is 0 Å². The minimum Gasteiger partial charge on any atom is -0.492 e. The van der Waals surface area contributed by atoms with Crippen LogP contribution < -0.4 is 14.8 Å². The van der Waals surface area contributed by atoms with Gasteiger partial charge in [-0.2, -0.15) is 0 Å². The predicted octanol–water partition coefficient (Wildman–Crippen LogP) is 4.18. The first-order valence-electron chi connectivity index (χ1n) is 8.91. The third-order valence-corrected chi connectivity index (χ3v) is 4.51. The van der Waals surface area contributed by atoms with Crippen LogP contribution in [0.3, 0.4) is 0 Å². The van der Waals surface area contributed by atoms with Crippen molar-refractivity contribution in [1.29, 1.82) is 0 Å². The average molecular weight is 381 g/mol. The first kappa shape index (κ1) is 19.5. The Morgan fingerprint density at radius 1 is 1.22 bits per heavy atom. The molecule has 2 aromatic rings. The van der Waals surface area contributed by atoms with Crippen molar-refractivity contribution in [1.82, 2.24) is 5.32 Å². The van der Waals surface area contributed by atoms with Crippen molar-refractivity contribution in [3.8, 4) is 22.6 Å². The molecule has 0 atom stereocenters. The van der Waals surface area contributed by atoms with E-state index in [0.29, 0.717) is 13.2 Å². The molecule has 1 heterocycles. The summed E-state index contributed by atoms with van der Waals surface area (Å²) in [7, 11) is 0. The molecule has 1 aliphatic heterocycles. The Balaban J connectivity index is 2.01. The molecule has 0 spiro atoms. The van der Waals surface area contributed by atoms with Gasteiger partial charge in [-0.15, -0.1) is 13.2 Å². The third kappa shape index (κ3) is 4.54. The Morgan fingerprint density at radius 3 is 2.59 bits per heavy atom. The number of halogens is 3. The van der Waals surface area contributed by atoms with Crippen molar-refractivity contribution in [3.05, 3.63) is 47.0 Å². The lowest BCUT2D eigenvalue weighted by atomic mass is 9.90. The molecule has 2 aromatic carbocycles. The van der Waals surface area contributed by atoms with E-state index in [1.165, 1.54) is 17.7 Å². The summed E-state index contributed by atoms with van der Waals surface area (Å²) in [6.07, 6.45) is -2.01. The van der Waals surface area contributed by atoms with Gasteiger partial charge in [0.05, 0.1) is 13.3 Å². The highest BCUT2D eigenvalue weighted by atomic mass is 19.4. The summed E-state index contributed by atoms with van der Waals surface area (Å²) in [5, 5.41) is 12.0. The van der Waals surface area contributed by atoms with Crippen molar-refractivity contribution in [2.45, 2.75) is 39.1 Å². The van der Waals surface area contributed by atoms with Gasteiger partial charge in [0.15, 0.2) is 0 Å². The van der Waals surface area contributed by atoms with Gasteiger partial charge >= 0.3 is 6.36 Å². The second-order valence-electron chi connectivity index (χ2n) is 6.38. The second kappa shape index (κ2) is 8.19. The Kier molecular flexibility index (Phi) is 5.92. The monoisotopic (exact) mass is 381 g/mol. The van der Waals surface area contributed by atoms with Crippen LogP contribution in [0.15, 0.2) is 30.3 Å². The average Bonchev–Trinajstić information content (AvgIpc) is 3.10. The number of benzene rings is 2. The quantitative estimate of drug-likeness (QED) is 0.707. The fourth-order valence-corrected chi connectivity index (χ4v) is 3.47. The molecule has 7 heteroatoms. The number of fused-ring (bicyclic) bond motifs is 1. The van der Waals surface area contributed by atoms with E-state index in [-0.39, 0.29) is 12.5 Å². The number of aliphatic hydroxyl groups is 1. The topological polar surface area (TPSA) is 50.7 Å². The van der Waals surface area contributed by atoms with Gasteiger partial charge in [-0.25, -0.2) is 0 Å². The Hall–Kier alpha value is -2.25. The Morgan fingerprint density at radius 2 is 1.96 bits per heavy atom. The molecule has 0 aliphatic carbocycles. The van der Waals surface area contributed by atoms with E-state index in [4.69, 9.17) is 9.84 Å². The number of hydrogen-bond donors (Lipinski definition) is 2. The lowest BCUT2D eigenvalue weighted by molar-refractivity contribution is -0.274. The second-order valence-corrected chi connectivity index (χ2v) is 6.38. The van der Waals surface area contributed by atoms with Crippen LogP contribution in [0.4, 0.5) is 13.2 Å². The lowest BCUT2D eigenvalue weighted by Gasteiger charge is -2.18. The van der Waals surface area contributed by atoms with Crippen LogP contribution in [-0.2, 0) is 19.4 Å². The van der Waals surface area contributed by atoms with Crippen molar-refractivity contribution in [2.24, 2.45) is 0 Å². The first-order valence-corrected chi connectivity index (χ1v) is 8.91. The normalized spacial score (nSPS) is 13.4. The van der Waals surface area contributed by atoms with Gasteiger partial charge < -0.3 is 14.6 Å². The standard InChI is InChI=1S/C20H22F3NO3/c1-2-3-16-14(11-24-12-25)10-18(19-17(16)8-9-26-19)13-4-6-15(7-5-13)27-20(21,22)23/h4-7,10,24-25H,2-3,8-9,11-12H2,1H3. The van der Waals surface area contributed by atoms with Crippen molar-refractivity contribution in [2.75, 3.05) is 13.3 Å². The Labute approximate surface area is 155 Å². The largest absolute Gasteiger partial charge is 0.573 e. The molecule has 0 saturated heterocycles. The number of aliphatic hydroxyl groups excluding tert-OH is 1. The van der Waals surface area contributed by atoms with E-state index in [1.54, 1.807) is 12.1 Å². The van der Waals surface area contributed by atoms with Gasteiger partial charge in [0, 0.05) is 24.1 Å². The van der Waals surface area contributed by atoms with Crippen LogP contribution in [0.25, 0.3) is 11.1 Å².